The Hall–Kier alpha value is -0.0400. The third kappa shape index (κ3) is 5.90. The summed E-state index contributed by atoms with van der Waals surface area (Å²) in [5.41, 5.74) is 0. The first-order chi connectivity index (χ1) is 7.81. The average Bonchev–Trinajstić information content (AvgIpc) is 2.26. The van der Waals surface area contributed by atoms with Gasteiger partial charge in [-0.1, -0.05) is 48.0 Å². The van der Waals surface area contributed by atoms with Gasteiger partial charge in [-0.25, -0.2) is 0 Å². The number of nitrogens with one attached hydrogen (secondary N) is 1. The molecule has 0 saturated carbocycles. The molecule has 0 spiro atoms. The normalized spacial score (nSPS) is 19.4. The van der Waals surface area contributed by atoms with Crippen molar-refractivity contribution in [3.8, 4) is 0 Å². The van der Waals surface area contributed by atoms with Gasteiger partial charge in [-0.05, 0) is 50.0 Å². The van der Waals surface area contributed by atoms with Crippen LogP contribution in [0.15, 0.2) is 0 Å². The summed E-state index contributed by atoms with van der Waals surface area (Å²) in [6.07, 6.45) is 2.73. The SMILES string of the molecule is CNC(C)C(CCC(C)C(C)C(C)C)C(C)C. The molecular weight excluding hydrogens is 206 g/mol. The van der Waals surface area contributed by atoms with Gasteiger partial charge in [-0.2, -0.15) is 0 Å². The van der Waals surface area contributed by atoms with Crippen LogP contribution in [-0.2, 0) is 0 Å². The molecule has 0 fully saturated rings. The van der Waals surface area contributed by atoms with Crippen molar-refractivity contribution in [2.24, 2.45) is 29.6 Å². The quantitative estimate of drug-likeness (QED) is 0.656. The van der Waals surface area contributed by atoms with Crippen LogP contribution in [0, 0.1) is 29.6 Å². The average molecular weight is 241 g/mol. The van der Waals surface area contributed by atoms with E-state index in [1.807, 2.05) is 0 Å². The molecule has 0 heterocycles. The molecule has 1 N–H and O–H groups in total. The van der Waals surface area contributed by atoms with E-state index in [0.717, 1.165) is 29.6 Å². The minimum atomic E-state index is 0.636. The summed E-state index contributed by atoms with van der Waals surface area (Å²) in [5.74, 6) is 4.08. The highest BCUT2D eigenvalue weighted by Crippen LogP contribution is 2.29. The molecule has 0 aromatic carbocycles. The molecule has 4 atom stereocenters. The van der Waals surface area contributed by atoms with Crippen LogP contribution in [-0.4, -0.2) is 13.1 Å². The topological polar surface area (TPSA) is 12.0 Å². The van der Waals surface area contributed by atoms with Crippen molar-refractivity contribution in [2.75, 3.05) is 7.05 Å². The minimum Gasteiger partial charge on any atom is -0.317 e. The Kier molecular flexibility index (Phi) is 8.11. The predicted octanol–water partition coefficient (Wildman–Crippen LogP) is 4.57. The highest BCUT2D eigenvalue weighted by molar-refractivity contribution is 4.76. The summed E-state index contributed by atoms with van der Waals surface area (Å²) in [7, 11) is 2.08. The van der Waals surface area contributed by atoms with Crippen LogP contribution in [0.3, 0.4) is 0 Å². The fourth-order valence-electron chi connectivity index (χ4n) is 2.75. The molecule has 1 nitrogen and oxygen atoms in total. The predicted molar refractivity (Wildman–Crippen MR) is 79.2 cm³/mol. The highest BCUT2D eigenvalue weighted by atomic mass is 14.9. The van der Waals surface area contributed by atoms with Crippen LogP contribution in [0.4, 0.5) is 0 Å². The summed E-state index contributed by atoms with van der Waals surface area (Å²) in [4.78, 5) is 0. The maximum Gasteiger partial charge on any atom is 0.00664 e. The largest absolute Gasteiger partial charge is 0.317 e. The first-order valence-corrected chi connectivity index (χ1v) is 7.48. The summed E-state index contributed by atoms with van der Waals surface area (Å²) < 4.78 is 0. The highest BCUT2D eigenvalue weighted by Gasteiger charge is 2.22. The molecule has 0 aromatic heterocycles. The van der Waals surface area contributed by atoms with Crippen molar-refractivity contribution in [3.63, 3.8) is 0 Å². The zero-order valence-corrected chi connectivity index (χ0v) is 13.4. The summed E-state index contributed by atoms with van der Waals surface area (Å²) in [6, 6.07) is 0.636. The Morgan fingerprint density at radius 2 is 1.29 bits per heavy atom. The van der Waals surface area contributed by atoms with E-state index in [1.165, 1.54) is 12.8 Å². The molecule has 0 rings (SSSR count). The van der Waals surface area contributed by atoms with Gasteiger partial charge in [0, 0.05) is 6.04 Å². The lowest BCUT2D eigenvalue weighted by molar-refractivity contribution is 0.222. The molecule has 0 aliphatic heterocycles. The van der Waals surface area contributed by atoms with E-state index in [4.69, 9.17) is 0 Å². The first-order valence-electron chi connectivity index (χ1n) is 7.48. The van der Waals surface area contributed by atoms with Crippen LogP contribution < -0.4 is 5.32 Å². The van der Waals surface area contributed by atoms with Crippen molar-refractivity contribution >= 4 is 0 Å². The molecule has 0 radical (unpaired) electrons. The van der Waals surface area contributed by atoms with Gasteiger partial charge in [0.1, 0.15) is 0 Å². The zero-order valence-electron chi connectivity index (χ0n) is 13.4. The smallest absolute Gasteiger partial charge is 0.00664 e. The lowest BCUT2D eigenvalue weighted by Crippen LogP contribution is -2.34. The molecule has 4 unspecified atom stereocenters. The molecule has 0 saturated heterocycles. The number of rotatable bonds is 8. The Labute approximate surface area is 110 Å². The van der Waals surface area contributed by atoms with Crippen molar-refractivity contribution in [1.29, 1.82) is 0 Å². The van der Waals surface area contributed by atoms with Gasteiger partial charge in [-0.15, -0.1) is 0 Å². The lowest BCUT2D eigenvalue weighted by atomic mass is 9.78. The van der Waals surface area contributed by atoms with Crippen LogP contribution >= 0.6 is 0 Å². The van der Waals surface area contributed by atoms with E-state index in [0.29, 0.717) is 6.04 Å². The van der Waals surface area contributed by atoms with Gasteiger partial charge >= 0.3 is 0 Å². The van der Waals surface area contributed by atoms with Crippen molar-refractivity contribution < 1.29 is 0 Å². The fraction of sp³-hybridized carbons (Fsp3) is 1.00. The molecule has 1 heteroatoms. The second-order valence-electron chi connectivity index (χ2n) is 6.64. The van der Waals surface area contributed by atoms with Crippen LogP contribution in [0.25, 0.3) is 0 Å². The van der Waals surface area contributed by atoms with E-state index in [9.17, 15) is 0 Å². The molecule has 0 amide bonds. The fourth-order valence-corrected chi connectivity index (χ4v) is 2.75. The second-order valence-corrected chi connectivity index (χ2v) is 6.64. The van der Waals surface area contributed by atoms with Crippen LogP contribution in [0.1, 0.15) is 61.3 Å². The summed E-state index contributed by atoms with van der Waals surface area (Å²) in [5, 5.41) is 3.42. The summed E-state index contributed by atoms with van der Waals surface area (Å²) >= 11 is 0. The Bertz CT molecular complexity index is 186. The molecule has 0 aliphatic rings. The Morgan fingerprint density at radius 1 is 0.765 bits per heavy atom. The molecule has 17 heavy (non-hydrogen) atoms. The van der Waals surface area contributed by atoms with Gasteiger partial charge in [0.25, 0.3) is 0 Å². The Morgan fingerprint density at radius 3 is 1.65 bits per heavy atom. The van der Waals surface area contributed by atoms with E-state index >= 15 is 0 Å². The third-order valence-corrected chi connectivity index (χ3v) is 4.86. The van der Waals surface area contributed by atoms with E-state index < -0.39 is 0 Å². The maximum absolute atomic E-state index is 3.42. The second kappa shape index (κ2) is 8.13. The molecule has 0 aliphatic carbocycles. The zero-order chi connectivity index (χ0) is 13.6. The standard InChI is InChI=1S/C16H35N/c1-11(2)14(6)13(5)9-10-16(12(3)4)15(7)17-8/h11-17H,9-10H2,1-8H3. The van der Waals surface area contributed by atoms with Gasteiger partial charge in [0.2, 0.25) is 0 Å². The van der Waals surface area contributed by atoms with Crippen LogP contribution in [0.2, 0.25) is 0 Å². The van der Waals surface area contributed by atoms with E-state index in [1.54, 1.807) is 0 Å². The maximum atomic E-state index is 3.42. The van der Waals surface area contributed by atoms with E-state index in [2.05, 4.69) is 60.8 Å². The van der Waals surface area contributed by atoms with Gasteiger partial charge in [-0.3, -0.25) is 0 Å². The molecule has 104 valence electrons. The number of hydrogen-bond acceptors (Lipinski definition) is 1. The third-order valence-electron chi connectivity index (χ3n) is 4.86. The minimum absolute atomic E-state index is 0.636. The molecular formula is C16H35N. The van der Waals surface area contributed by atoms with Gasteiger partial charge < -0.3 is 5.32 Å². The monoisotopic (exact) mass is 241 g/mol. The van der Waals surface area contributed by atoms with Crippen LogP contribution in [0.5, 0.6) is 0 Å². The molecule has 0 aromatic rings. The van der Waals surface area contributed by atoms with Crippen molar-refractivity contribution in [1.82, 2.24) is 5.32 Å². The first kappa shape index (κ1) is 17.0. The van der Waals surface area contributed by atoms with Crippen molar-refractivity contribution in [3.05, 3.63) is 0 Å². The van der Waals surface area contributed by atoms with Gasteiger partial charge in [0.15, 0.2) is 0 Å². The lowest BCUT2D eigenvalue weighted by Gasteiger charge is -2.30. The Balaban J connectivity index is 4.21. The van der Waals surface area contributed by atoms with Crippen molar-refractivity contribution in [2.45, 2.75) is 67.3 Å². The molecule has 0 bridgehead atoms. The van der Waals surface area contributed by atoms with E-state index in [-0.39, 0.29) is 0 Å². The summed E-state index contributed by atoms with van der Waals surface area (Å²) in [6.45, 7) is 16.5. The number of hydrogen-bond donors (Lipinski definition) is 1. The van der Waals surface area contributed by atoms with Gasteiger partial charge in [0.05, 0.1) is 0 Å².